The van der Waals surface area contributed by atoms with Gasteiger partial charge in [-0.15, -0.1) is 0 Å². The van der Waals surface area contributed by atoms with E-state index in [1.54, 1.807) is 19.1 Å². The lowest BCUT2D eigenvalue weighted by Crippen LogP contribution is -2.52. The van der Waals surface area contributed by atoms with Gasteiger partial charge < -0.3 is 10.2 Å². The molecule has 1 atom stereocenters. The number of unbranched alkanes of at least 4 members (excludes halogenated alkanes) is 1. The predicted octanol–water partition coefficient (Wildman–Crippen LogP) is 5.16. The van der Waals surface area contributed by atoms with E-state index >= 15 is 0 Å². The molecule has 12 heteroatoms. The summed E-state index contributed by atoms with van der Waals surface area (Å²) in [6, 6.07) is 8.55. The van der Waals surface area contributed by atoms with Crippen molar-refractivity contribution in [3.05, 3.63) is 64.2 Å². The largest absolute Gasteiger partial charge is 0.416 e. The monoisotopic (exact) mass is 575 g/mol. The number of anilines is 1. The van der Waals surface area contributed by atoms with Gasteiger partial charge in [0.1, 0.15) is 12.6 Å². The Balaban J connectivity index is 2.52. The lowest BCUT2D eigenvalue weighted by atomic mass is 10.1. The average Bonchev–Trinajstić information content (AvgIpc) is 2.82. The van der Waals surface area contributed by atoms with Crippen molar-refractivity contribution in [2.75, 3.05) is 23.7 Å². The molecule has 2 aromatic carbocycles. The number of sulfonamides is 1. The quantitative estimate of drug-likeness (QED) is 0.354. The molecule has 0 radical (unpaired) electrons. The summed E-state index contributed by atoms with van der Waals surface area (Å²) < 4.78 is 66.0. The zero-order valence-electron chi connectivity index (χ0n) is 21.8. The topological polar surface area (TPSA) is 86.8 Å². The normalized spacial score (nSPS) is 12.6. The summed E-state index contributed by atoms with van der Waals surface area (Å²) in [5.74, 6) is -1.16. The van der Waals surface area contributed by atoms with E-state index in [-0.39, 0.29) is 18.0 Å². The van der Waals surface area contributed by atoms with Crippen molar-refractivity contribution in [1.29, 1.82) is 0 Å². The molecule has 1 N–H and O–H groups in total. The van der Waals surface area contributed by atoms with Crippen molar-refractivity contribution in [1.82, 2.24) is 10.2 Å². The number of nitrogens with zero attached hydrogens (tertiary/aromatic N) is 2. The third-order valence-electron chi connectivity index (χ3n) is 6.04. The average molecular weight is 576 g/mol. The number of amides is 2. The minimum atomic E-state index is -4.76. The Kier molecular flexibility index (Phi) is 11.0. The number of halogens is 4. The number of rotatable bonds is 12. The molecule has 0 bridgehead atoms. The second kappa shape index (κ2) is 13.3. The van der Waals surface area contributed by atoms with Crippen molar-refractivity contribution < 1.29 is 31.2 Å². The van der Waals surface area contributed by atoms with Crippen LogP contribution in [0.4, 0.5) is 18.9 Å². The first-order valence-electron chi connectivity index (χ1n) is 12.2. The molecule has 0 aromatic heterocycles. The predicted molar refractivity (Wildman–Crippen MR) is 142 cm³/mol. The maximum atomic E-state index is 13.7. The van der Waals surface area contributed by atoms with E-state index in [0.29, 0.717) is 16.9 Å². The van der Waals surface area contributed by atoms with Crippen LogP contribution < -0.4 is 9.62 Å². The Bertz CT molecular complexity index is 1240. The second-order valence-corrected chi connectivity index (χ2v) is 11.3. The zero-order chi connectivity index (χ0) is 28.7. The van der Waals surface area contributed by atoms with E-state index in [0.717, 1.165) is 42.4 Å². The number of carbonyl (C=O) groups is 2. The minimum absolute atomic E-state index is 0.000857. The molecule has 2 amide bonds. The number of carbonyl (C=O) groups excluding carboxylic acids is 2. The van der Waals surface area contributed by atoms with Crippen LogP contribution in [-0.4, -0.2) is 50.5 Å². The minimum Gasteiger partial charge on any atom is -0.354 e. The Morgan fingerprint density at radius 3 is 2.32 bits per heavy atom. The van der Waals surface area contributed by atoms with Crippen molar-refractivity contribution >= 4 is 39.1 Å². The number of benzene rings is 2. The van der Waals surface area contributed by atoms with Gasteiger partial charge in [-0.2, -0.15) is 13.2 Å². The van der Waals surface area contributed by atoms with Crippen LogP contribution in [0.5, 0.6) is 0 Å². The zero-order valence-corrected chi connectivity index (χ0v) is 23.4. The lowest BCUT2D eigenvalue weighted by Gasteiger charge is -2.33. The van der Waals surface area contributed by atoms with Crippen LogP contribution in [0.25, 0.3) is 0 Å². The molecule has 1 unspecified atom stereocenters. The fourth-order valence-corrected chi connectivity index (χ4v) is 4.99. The van der Waals surface area contributed by atoms with E-state index in [4.69, 9.17) is 11.6 Å². The highest BCUT2D eigenvalue weighted by atomic mass is 35.5. The number of aryl methyl sites for hydroxylation is 1. The summed E-state index contributed by atoms with van der Waals surface area (Å²) in [5.41, 5.74) is 0.00114. The van der Waals surface area contributed by atoms with Gasteiger partial charge in [0, 0.05) is 13.1 Å². The molecule has 38 heavy (non-hydrogen) atoms. The fraction of sp³-hybridized carbons (Fsp3) is 0.462. The van der Waals surface area contributed by atoms with Gasteiger partial charge in [0.25, 0.3) is 0 Å². The van der Waals surface area contributed by atoms with Crippen LogP contribution in [0, 0.1) is 6.92 Å². The molecular formula is C26H33ClF3N3O4S. The molecule has 0 fully saturated rings. The maximum absolute atomic E-state index is 13.7. The molecule has 0 aliphatic heterocycles. The fourth-order valence-electron chi connectivity index (χ4n) is 3.87. The highest BCUT2D eigenvalue weighted by Crippen LogP contribution is 2.36. The highest BCUT2D eigenvalue weighted by Gasteiger charge is 2.35. The number of alkyl halides is 3. The first-order chi connectivity index (χ1) is 17.7. The third-order valence-corrected chi connectivity index (χ3v) is 7.48. The van der Waals surface area contributed by atoms with Gasteiger partial charge in [-0.3, -0.25) is 13.9 Å². The molecule has 0 saturated heterocycles. The highest BCUT2D eigenvalue weighted by molar-refractivity contribution is 7.92. The number of nitrogens with one attached hydrogen (secondary N) is 1. The van der Waals surface area contributed by atoms with Gasteiger partial charge in [0.15, 0.2) is 0 Å². The van der Waals surface area contributed by atoms with Crippen LogP contribution in [0.3, 0.4) is 0 Å². The first-order valence-corrected chi connectivity index (χ1v) is 14.4. The standard InChI is InChI=1S/C26H33ClF3N3O4S/c1-5-7-14-31-25(35)22(6-2)32(16-19-11-9-8-10-18(19)3)24(34)17-33(38(4,36)37)23-15-20(26(28,29)30)12-13-21(23)27/h8-13,15,22H,5-7,14,16-17H2,1-4H3,(H,31,35). The summed E-state index contributed by atoms with van der Waals surface area (Å²) in [6.07, 6.45) is -2.16. The number of hydrogen-bond acceptors (Lipinski definition) is 4. The van der Waals surface area contributed by atoms with Crippen molar-refractivity contribution in [3.8, 4) is 0 Å². The van der Waals surface area contributed by atoms with Gasteiger partial charge >= 0.3 is 6.18 Å². The van der Waals surface area contributed by atoms with Gasteiger partial charge in [-0.05, 0) is 49.1 Å². The third kappa shape index (κ3) is 8.36. The summed E-state index contributed by atoms with van der Waals surface area (Å²) >= 11 is 6.11. The first kappa shape index (κ1) is 31.4. The molecule has 0 saturated carbocycles. The second-order valence-electron chi connectivity index (χ2n) is 8.95. The van der Waals surface area contributed by atoms with Crippen LogP contribution in [0.2, 0.25) is 5.02 Å². The molecule has 2 aromatic rings. The smallest absolute Gasteiger partial charge is 0.354 e. The van der Waals surface area contributed by atoms with Crippen LogP contribution in [-0.2, 0) is 32.3 Å². The molecule has 0 heterocycles. The van der Waals surface area contributed by atoms with Crippen LogP contribution in [0.15, 0.2) is 42.5 Å². The molecule has 2 rings (SSSR count). The summed E-state index contributed by atoms with van der Waals surface area (Å²) in [5, 5.41) is 2.54. The summed E-state index contributed by atoms with van der Waals surface area (Å²) in [6.45, 7) is 5.10. The Morgan fingerprint density at radius 2 is 1.76 bits per heavy atom. The van der Waals surface area contributed by atoms with Gasteiger partial charge in [0.2, 0.25) is 21.8 Å². The van der Waals surface area contributed by atoms with Gasteiger partial charge in [-0.1, -0.05) is 56.1 Å². The van der Waals surface area contributed by atoms with E-state index in [9.17, 15) is 31.2 Å². The van der Waals surface area contributed by atoms with E-state index in [1.165, 1.54) is 4.90 Å². The van der Waals surface area contributed by atoms with Crippen LogP contribution in [0.1, 0.15) is 49.8 Å². The number of hydrogen-bond donors (Lipinski definition) is 1. The molecule has 0 aliphatic carbocycles. The Morgan fingerprint density at radius 1 is 1.11 bits per heavy atom. The molecule has 0 aliphatic rings. The Labute approximate surface area is 227 Å². The summed E-state index contributed by atoms with van der Waals surface area (Å²) in [7, 11) is -4.25. The van der Waals surface area contributed by atoms with E-state index < -0.39 is 51.9 Å². The summed E-state index contributed by atoms with van der Waals surface area (Å²) in [4.78, 5) is 28.0. The van der Waals surface area contributed by atoms with E-state index in [2.05, 4.69) is 5.32 Å². The van der Waals surface area contributed by atoms with Gasteiger partial charge in [-0.25, -0.2) is 8.42 Å². The maximum Gasteiger partial charge on any atom is 0.416 e. The van der Waals surface area contributed by atoms with Crippen molar-refractivity contribution in [3.63, 3.8) is 0 Å². The Hall–Kier alpha value is -2.79. The molecule has 210 valence electrons. The molecule has 0 spiro atoms. The molecular weight excluding hydrogens is 543 g/mol. The van der Waals surface area contributed by atoms with Crippen LogP contribution >= 0.6 is 11.6 Å². The van der Waals surface area contributed by atoms with Crippen molar-refractivity contribution in [2.24, 2.45) is 0 Å². The van der Waals surface area contributed by atoms with E-state index in [1.807, 2.05) is 26.0 Å². The lowest BCUT2D eigenvalue weighted by molar-refractivity contribution is -0.140. The molecule has 7 nitrogen and oxygen atoms in total. The SMILES string of the molecule is CCCCNC(=O)C(CC)N(Cc1ccccc1C)C(=O)CN(c1cc(C(F)(F)F)ccc1Cl)S(C)(=O)=O. The van der Waals surface area contributed by atoms with Gasteiger partial charge in [0.05, 0.1) is 22.5 Å². The van der Waals surface area contributed by atoms with Crippen molar-refractivity contribution in [2.45, 2.75) is 58.8 Å².